The number of carbonyl (C=O) groups is 1. The largest absolute Gasteiger partial charge is 0.573 e. The highest BCUT2D eigenvalue weighted by Crippen LogP contribution is 2.52. The summed E-state index contributed by atoms with van der Waals surface area (Å²) in [6.45, 7) is 4.18. The minimum Gasteiger partial charge on any atom is -0.406 e. The van der Waals surface area contributed by atoms with Gasteiger partial charge < -0.3 is 19.1 Å². The molecule has 2 unspecified atom stereocenters. The molecule has 1 aliphatic heterocycles. The van der Waals surface area contributed by atoms with Gasteiger partial charge in [-0.05, 0) is 54.2 Å². The third-order valence-corrected chi connectivity index (χ3v) is 6.81. The molecule has 1 aromatic carbocycles. The molecule has 2 saturated carbocycles. The summed E-state index contributed by atoms with van der Waals surface area (Å²) in [6.07, 6.45) is 1.19. The SMILES string of the molecule is Cn1cnc(C(=O)N(Cc2cccc(OC(F)(F)F)c2)CC2C3CN(CC4CC4)CC32)c1. The van der Waals surface area contributed by atoms with Gasteiger partial charge in [0.15, 0.2) is 0 Å². The second-order valence-electron chi connectivity index (χ2n) is 9.46. The van der Waals surface area contributed by atoms with E-state index in [0.717, 1.165) is 19.0 Å². The first-order chi connectivity index (χ1) is 15.2. The molecule has 9 heteroatoms. The lowest BCUT2D eigenvalue weighted by molar-refractivity contribution is -0.274. The van der Waals surface area contributed by atoms with Gasteiger partial charge in [0, 0.05) is 46.0 Å². The number of aromatic nitrogens is 2. The number of halogens is 3. The Hall–Kier alpha value is -2.55. The summed E-state index contributed by atoms with van der Waals surface area (Å²) in [5, 5.41) is 0. The molecule has 2 heterocycles. The third-order valence-electron chi connectivity index (χ3n) is 6.81. The van der Waals surface area contributed by atoms with E-state index < -0.39 is 6.36 Å². The summed E-state index contributed by atoms with van der Waals surface area (Å²) in [5.41, 5.74) is 0.938. The number of piperidine rings is 1. The van der Waals surface area contributed by atoms with E-state index in [1.54, 1.807) is 35.1 Å². The Balaban J connectivity index is 1.28. The van der Waals surface area contributed by atoms with E-state index >= 15 is 0 Å². The number of amides is 1. The molecule has 0 N–H and O–H groups in total. The van der Waals surface area contributed by atoms with Crippen LogP contribution in [0.3, 0.4) is 0 Å². The number of nitrogens with zero attached hydrogens (tertiary/aromatic N) is 4. The molecule has 0 spiro atoms. The fourth-order valence-electron chi connectivity index (χ4n) is 5.04. The number of hydrogen-bond donors (Lipinski definition) is 0. The number of carbonyl (C=O) groups excluding carboxylic acids is 1. The summed E-state index contributed by atoms with van der Waals surface area (Å²) in [5.74, 6) is 2.04. The maximum absolute atomic E-state index is 13.2. The standard InChI is InChI=1S/C23H27F3N4O2/c1-28-13-21(27-14-28)22(31)30(9-16-3-2-4-17(7-16)32-23(24,25)26)12-20-18-10-29(11-19(18)20)8-15-5-6-15/h2-4,7,13-15,18-20H,5-6,8-12H2,1H3. The monoisotopic (exact) mass is 448 g/mol. The number of likely N-dealkylation sites (tertiary alicyclic amines) is 1. The van der Waals surface area contributed by atoms with Crippen LogP contribution >= 0.6 is 0 Å². The summed E-state index contributed by atoms with van der Waals surface area (Å²) in [4.78, 5) is 21.7. The number of fused-ring (bicyclic) bond motifs is 1. The highest BCUT2D eigenvalue weighted by molar-refractivity contribution is 5.92. The van der Waals surface area contributed by atoms with Crippen molar-refractivity contribution in [2.75, 3.05) is 26.2 Å². The van der Waals surface area contributed by atoms with Crippen LogP contribution in [-0.2, 0) is 13.6 Å². The number of ether oxygens (including phenoxy) is 1. The van der Waals surface area contributed by atoms with Gasteiger partial charge in [0.2, 0.25) is 0 Å². The average Bonchev–Trinajstić information content (AvgIpc) is 3.53. The number of imidazole rings is 1. The molecule has 1 saturated heterocycles. The van der Waals surface area contributed by atoms with E-state index in [-0.39, 0.29) is 18.2 Å². The minimum absolute atomic E-state index is 0.201. The maximum atomic E-state index is 13.2. The minimum atomic E-state index is -4.75. The van der Waals surface area contributed by atoms with Gasteiger partial charge in [-0.25, -0.2) is 4.98 Å². The molecule has 0 bridgehead atoms. The summed E-state index contributed by atoms with van der Waals surface area (Å²) in [6, 6.07) is 5.84. The predicted octanol–water partition coefficient (Wildman–Crippen LogP) is 3.55. The molecule has 2 atom stereocenters. The summed E-state index contributed by atoms with van der Waals surface area (Å²) in [7, 11) is 1.80. The molecule has 5 rings (SSSR count). The normalized spacial score (nSPS) is 24.9. The molecule has 172 valence electrons. The van der Waals surface area contributed by atoms with Crippen molar-refractivity contribution in [1.82, 2.24) is 19.4 Å². The zero-order valence-electron chi connectivity index (χ0n) is 18.0. The van der Waals surface area contributed by atoms with E-state index in [0.29, 0.717) is 35.6 Å². The number of hydrogen-bond acceptors (Lipinski definition) is 4. The average molecular weight is 448 g/mol. The van der Waals surface area contributed by atoms with Crippen LogP contribution in [0.4, 0.5) is 13.2 Å². The number of alkyl halides is 3. The molecule has 2 aromatic rings. The van der Waals surface area contributed by atoms with E-state index in [1.807, 2.05) is 0 Å². The number of aryl methyl sites for hydroxylation is 1. The van der Waals surface area contributed by atoms with Crippen molar-refractivity contribution in [2.45, 2.75) is 25.7 Å². The fourth-order valence-corrected chi connectivity index (χ4v) is 5.04. The molecular formula is C23H27F3N4O2. The van der Waals surface area contributed by atoms with Gasteiger partial charge in [0.25, 0.3) is 5.91 Å². The Bertz CT molecular complexity index is 976. The summed E-state index contributed by atoms with van der Waals surface area (Å²) < 4.78 is 43.6. The molecule has 1 amide bonds. The Morgan fingerprint density at radius 3 is 2.62 bits per heavy atom. The lowest BCUT2D eigenvalue weighted by Crippen LogP contribution is -2.35. The first-order valence-corrected chi connectivity index (χ1v) is 11.1. The second kappa shape index (κ2) is 8.10. The zero-order valence-corrected chi connectivity index (χ0v) is 18.0. The van der Waals surface area contributed by atoms with Crippen molar-refractivity contribution in [1.29, 1.82) is 0 Å². The van der Waals surface area contributed by atoms with Gasteiger partial charge in [-0.2, -0.15) is 0 Å². The van der Waals surface area contributed by atoms with Crippen LogP contribution in [0, 0.1) is 23.7 Å². The number of benzene rings is 1. The van der Waals surface area contributed by atoms with Gasteiger partial charge in [0.1, 0.15) is 11.4 Å². The number of rotatable bonds is 8. The molecule has 0 radical (unpaired) electrons. The topological polar surface area (TPSA) is 50.6 Å². The summed E-state index contributed by atoms with van der Waals surface area (Å²) >= 11 is 0. The quantitative estimate of drug-likeness (QED) is 0.620. The van der Waals surface area contributed by atoms with E-state index in [2.05, 4.69) is 14.6 Å². The Morgan fingerprint density at radius 2 is 2.00 bits per heavy atom. The highest BCUT2D eigenvalue weighted by atomic mass is 19.4. The fraction of sp³-hybridized carbons (Fsp3) is 0.565. The van der Waals surface area contributed by atoms with Crippen LogP contribution in [0.15, 0.2) is 36.8 Å². The third kappa shape index (κ3) is 4.92. The van der Waals surface area contributed by atoms with E-state index in [9.17, 15) is 18.0 Å². The molecule has 6 nitrogen and oxygen atoms in total. The van der Waals surface area contributed by atoms with Crippen molar-refractivity contribution in [3.63, 3.8) is 0 Å². The van der Waals surface area contributed by atoms with E-state index in [4.69, 9.17) is 0 Å². The molecule has 3 aliphatic rings. The van der Waals surface area contributed by atoms with Crippen LogP contribution < -0.4 is 4.74 Å². The predicted molar refractivity (Wildman–Crippen MR) is 111 cm³/mol. The van der Waals surface area contributed by atoms with Gasteiger partial charge in [0.05, 0.1) is 6.33 Å². The van der Waals surface area contributed by atoms with Crippen molar-refractivity contribution < 1.29 is 22.7 Å². The van der Waals surface area contributed by atoms with E-state index in [1.165, 1.54) is 37.6 Å². The van der Waals surface area contributed by atoms with Crippen molar-refractivity contribution in [3.8, 4) is 5.75 Å². The van der Waals surface area contributed by atoms with Crippen LogP contribution in [0.25, 0.3) is 0 Å². The first-order valence-electron chi connectivity index (χ1n) is 11.1. The molecule has 3 fully saturated rings. The Kier molecular flexibility index (Phi) is 5.39. The van der Waals surface area contributed by atoms with Crippen LogP contribution in [0.2, 0.25) is 0 Å². The highest BCUT2D eigenvalue weighted by Gasteiger charge is 2.56. The maximum Gasteiger partial charge on any atom is 0.573 e. The van der Waals surface area contributed by atoms with Crippen molar-refractivity contribution in [3.05, 3.63) is 48.0 Å². The van der Waals surface area contributed by atoms with Gasteiger partial charge in [-0.1, -0.05) is 12.1 Å². The van der Waals surface area contributed by atoms with Gasteiger partial charge >= 0.3 is 6.36 Å². The van der Waals surface area contributed by atoms with Gasteiger partial charge in [-0.15, -0.1) is 13.2 Å². The smallest absolute Gasteiger partial charge is 0.406 e. The second-order valence-corrected chi connectivity index (χ2v) is 9.46. The molecule has 1 aromatic heterocycles. The Morgan fingerprint density at radius 1 is 1.25 bits per heavy atom. The first kappa shape index (κ1) is 21.3. The van der Waals surface area contributed by atoms with Crippen LogP contribution in [0.5, 0.6) is 5.75 Å². The van der Waals surface area contributed by atoms with Crippen molar-refractivity contribution >= 4 is 5.91 Å². The van der Waals surface area contributed by atoms with Crippen molar-refractivity contribution in [2.24, 2.45) is 30.7 Å². The lowest BCUT2D eigenvalue weighted by atomic mass is 10.1. The van der Waals surface area contributed by atoms with Crippen LogP contribution in [-0.4, -0.2) is 57.8 Å². The molecular weight excluding hydrogens is 421 g/mol. The molecule has 32 heavy (non-hydrogen) atoms. The van der Waals surface area contributed by atoms with Crippen LogP contribution in [0.1, 0.15) is 28.9 Å². The molecule has 2 aliphatic carbocycles. The zero-order chi connectivity index (χ0) is 22.5. The lowest BCUT2D eigenvalue weighted by Gasteiger charge is -2.25. The van der Waals surface area contributed by atoms with Gasteiger partial charge in [-0.3, -0.25) is 4.79 Å². The Labute approximate surface area is 185 Å².